The van der Waals surface area contributed by atoms with Gasteiger partial charge in [0.05, 0.1) is 22.0 Å². The SMILES string of the molecule is CC1CCN(C(=O)CSc2nc3c(c(=O)n2-c2ccccc2)SCC3)CC1. The van der Waals surface area contributed by atoms with Gasteiger partial charge in [0, 0.05) is 25.3 Å². The van der Waals surface area contributed by atoms with Gasteiger partial charge in [-0.15, -0.1) is 11.8 Å². The molecule has 7 heteroatoms. The molecule has 2 aliphatic rings. The number of fused-ring (bicyclic) bond motifs is 1. The van der Waals surface area contributed by atoms with Crippen LogP contribution in [0.15, 0.2) is 45.2 Å². The third kappa shape index (κ3) is 3.94. The second kappa shape index (κ2) is 8.10. The van der Waals surface area contributed by atoms with Gasteiger partial charge in [-0.25, -0.2) is 4.98 Å². The Bertz CT molecular complexity index is 890. The summed E-state index contributed by atoms with van der Waals surface area (Å²) < 4.78 is 1.66. The van der Waals surface area contributed by atoms with Gasteiger partial charge in [0.2, 0.25) is 5.91 Å². The van der Waals surface area contributed by atoms with E-state index in [9.17, 15) is 9.59 Å². The van der Waals surface area contributed by atoms with Crippen LogP contribution in [0.3, 0.4) is 0 Å². The molecule has 0 bridgehead atoms. The monoisotopic (exact) mass is 401 g/mol. The van der Waals surface area contributed by atoms with Gasteiger partial charge in [-0.05, 0) is 30.9 Å². The first kappa shape index (κ1) is 18.6. The van der Waals surface area contributed by atoms with Gasteiger partial charge in [-0.1, -0.05) is 36.9 Å². The highest BCUT2D eigenvalue weighted by atomic mass is 32.2. The minimum absolute atomic E-state index is 0.0181. The lowest BCUT2D eigenvalue weighted by Crippen LogP contribution is -2.39. The van der Waals surface area contributed by atoms with Crippen molar-refractivity contribution in [2.45, 2.75) is 36.2 Å². The highest BCUT2D eigenvalue weighted by molar-refractivity contribution is 8.00. The van der Waals surface area contributed by atoms with Gasteiger partial charge in [-0.3, -0.25) is 14.2 Å². The third-order valence-corrected chi connectivity index (χ3v) is 7.17. The zero-order valence-electron chi connectivity index (χ0n) is 15.4. The Labute approximate surface area is 167 Å². The number of piperidine rings is 1. The number of nitrogens with zero attached hydrogens (tertiary/aromatic N) is 3. The van der Waals surface area contributed by atoms with E-state index in [2.05, 4.69) is 6.92 Å². The first-order valence-electron chi connectivity index (χ1n) is 9.38. The number of para-hydroxylation sites is 1. The zero-order valence-corrected chi connectivity index (χ0v) is 17.0. The van der Waals surface area contributed by atoms with Crippen LogP contribution in [-0.4, -0.2) is 45.0 Å². The van der Waals surface area contributed by atoms with E-state index in [1.165, 1.54) is 11.8 Å². The highest BCUT2D eigenvalue weighted by Crippen LogP contribution is 2.30. The summed E-state index contributed by atoms with van der Waals surface area (Å²) in [4.78, 5) is 33.1. The molecule has 1 fully saturated rings. The number of carbonyl (C=O) groups excluding carboxylic acids is 1. The fraction of sp³-hybridized carbons (Fsp3) is 0.450. The summed E-state index contributed by atoms with van der Waals surface area (Å²) in [5.41, 5.74) is 1.65. The average molecular weight is 402 g/mol. The van der Waals surface area contributed by atoms with Gasteiger partial charge in [0.25, 0.3) is 5.56 Å². The molecule has 0 spiro atoms. The summed E-state index contributed by atoms with van der Waals surface area (Å²) in [7, 11) is 0. The molecule has 1 saturated heterocycles. The summed E-state index contributed by atoms with van der Waals surface area (Å²) in [5, 5.41) is 0.617. The van der Waals surface area contributed by atoms with E-state index in [1.807, 2.05) is 35.2 Å². The standard InChI is InChI=1S/C20H23N3O2S2/c1-14-7-10-22(11-8-14)17(24)13-27-20-21-16-9-12-26-18(16)19(25)23(20)15-5-3-2-4-6-15/h2-6,14H,7-13H2,1H3. The van der Waals surface area contributed by atoms with Crippen molar-refractivity contribution in [2.24, 2.45) is 5.92 Å². The molecule has 4 rings (SSSR count). The van der Waals surface area contributed by atoms with E-state index in [0.717, 1.165) is 54.4 Å². The number of hydrogen-bond acceptors (Lipinski definition) is 5. The molecule has 0 aliphatic carbocycles. The van der Waals surface area contributed by atoms with E-state index < -0.39 is 0 Å². The predicted molar refractivity (Wildman–Crippen MR) is 110 cm³/mol. The number of carbonyl (C=O) groups is 1. The maximum absolute atomic E-state index is 13.1. The molecular formula is C20H23N3O2S2. The van der Waals surface area contributed by atoms with Crippen LogP contribution in [0.1, 0.15) is 25.5 Å². The number of aromatic nitrogens is 2. The number of amides is 1. The van der Waals surface area contributed by atoms with Crippen molar-refractivity contribution in [3.8, 4) is 5.69 Å². The Hall–Kier alpha value is -1.73. The molecule has 142 valence electrons. The summed E-state index contributed by atoms with van der Waals surface area (Å²) >= 11 is 2.96. The Morgan fingerprint density at radius 1 is 1.26 bits per heavy atom. The first-order valence-corrected chi connectivity index (χ1v) is 11.4. The molecule has 1 aromatic heterocycles. The predicted octanol–water partition coefficient (Wildman–Crippen LogP) is 3.23. The topological polar surface area (TPSA) is 55.2 Å². The van der Waals surface area contributed by atoms with Gasteiger partial charge in [-0.2, -0.15) is 0 Å². The van der Waals surface area contributed by atoms with E-state index >= 15 is 0 Å². The Morgan fingerprint density at radius 2 is 2.00 bits per heavy atom. The fourth-order valence-corrected chi connectivity index (χ4v) is 5.43. The third-order valence-electron chi connectivity index (χ3n) is 5.14. The van der Waals surface area contributed by atoms with Crippen molar-refractivity contribution in [1.82, 2.24) is 14.5 Å². The van der Waals surface area contributed by atoms with Crippen molar-refractivity contribution in [1.29, 1.82) is 0 Å². The zero-order chi connectivity index (χ0) is 18.8. The second-order valence-electron chi connectivity index (χ2n) is 7.10. The Balaban J connectivity index is 1.59. The summed E-state index contributed by atoms with van der Waals surface area (Å²) in [6.07, 6.45) is 2.95. The van der Waals surface area contributed by atoms with Crippen molar-refractivity contribution in [2.75, 3.05) is 24.6 Å². The van der Waals surface area contributed by atoms with Gasteiger partial charge in [0.15, 0.2) is 5.16 Å². The number of aryl methyl sites for hydroxylation is 1. The number of rotatable bonds is 4. The van der Waals surface area contributed by atoms with Crippen LogP contribution in [0.2, 0.25) is 0 Å². The van der Waals surface area contributed by atoms with Crippen molar-refractivity contribution >= 4 is 29.4 Å². The minimum Gasteiger partial charge on any atom is -0.342 e. The summed E-state index contributed by atoms with van der Waals surface area (Å²) in [5.74, 6) is 2.04. The smallest absolute Gasteiger partial charge is 0.272 e. The molecule has 27 heavy (non-hydrogen) atoms. The largest absolute Gasteiger partial charge is 0.342 e. The van der Waals surface area contributed by atoms with E-state index in [0.29, 0.717) is 16.8 Å². The van der Waals surface area contributed by atoms with Gasteiger partial charge in [0.1, 0.15) is 0 Å². The van der Waals surface area contributed by atoms with Gasteiger partial charge < -0.3 is 4.90 Å². The van der Waals surface area contributed by atoms with Crippen molar-refractivity contribution in [3.05, 3.63) is 46.4 Å². The lowest BCUT2D eigenvalue weighted by atomic mass is 9.99. The molecule has 5 nitrogen and oxygen atoms in total. The minimum atomic E-state index is -0.0181. The van der Waals surface area contributed by atoms with Crippen LogP contribution >= 0.6 is 23.5 Å². The van der Waals surface area contributed by atoms with E-state index in [1.54, 1.807) is 16.3 Å². The molecule has 2 aliphatic heterocycles. The number of hydrogen-bond donors (Lipinski definition) is 0. The normalized spacial score (nSPS) is 17.1. The molecule has 0 radical (unpaired) electrons. The molecular weight excluding hydrogens is 378 g/mol. The maximum Gasteiger partial charge on any atom is 0.272 e. The number of benzene rings is 1. The van der Waals surface area contributed by atoms with Crippen LogP contribution in [0.25, 0.3) is 5.69 Å². The quantitative estimate of drug-likeness (QED) is 0.582. The lowest BCUT2D eigenvalue weighted by Gasteiger charge is -2.30. The Kier molecular flexibility index (Phi) is 5.59. The van der Waals surface area contributed by atoms with Crippen LogP contribution in [0.5, 0.6) is 0 Å². The summed E-state index contributed by atoms with van der Waals surface area (Å²) in [6, 6.07) is 9.57. The van der Waals surface area contributed by atoms with Crippen molar-refractivity contribution < 1.29 is 4.79 Å². The number of thioether (sulfide) groups is 2. The molecule has 0 unspecified atom stereocenters. The van der Waals surface area contributed by atoms with Gasteiger partial charge >= 0.3 is 0 Å². The van der Waals surface area contributed by atoms with Crippen LogP contribution in [0.4, 0.5) is 0 Å². The Morgan fingerprint density at radius 3 is 2.74 bits per heavy atom. The molecule has 0 atom stereocenters. The van der Waals surface area contributed by atoms with Crippen LogP contribution in [0, 0.1) is 5.92 Å². The average Bonchev–Trinajstić information content (AvgIpc) is 3.16. The summed E-state index contributed by atoms with van der Waals surface area (Å²) in [6.45, 7) is 3.90. The molecule has 0 N–H and O–H groups in total. The molecule has 3 heterocycles. The molecule has 2 aromatic rings. The molecule has 1 amide bonds. The molecule has 1 aromatic carbocycles. The maximum atomic E-state index is 13.1. The number of likely N-dealkylation sites (tertiary alicyclic amines) is 1. The fourth-order valence-electron chi connectivity index (χ4n) is 3.47. The van der Waals surface area contributed by atoms with Crippen LogP contribution in [-0.2, 0) is 11.2 Å². The van der Waals surface area contributed by atoms with Crippen molar-refractivity contribution in [3.63, 3.8) is 0 Å². The lowest BCUT2D eigenvalue weighted by molar-refractivity contribution is -0.129. The first-order chi connectivity index (χ1) is 13.1. The van der Waals surface area contributed by atoms with Crippen LogP contribution < -0.4 is 5.56 Å². The van der Waals surface area contributed by atoms with E-state index in [4.69, 9.17) is 4.98 Å². The highest BCUT2D eigenvalue weighted by Gasteiger charge is 2.24. The van der Waals surface area contributed by atoms with E-state index in [-0.39, 0.29) is 11.5 Å². The second-order valence-corrected chi connectivity index (χ2v) is 9.14. The molecule has 0 saturated carbocycles.